The number of aromatic nitrogens is 1. The third-order valence-corrected chi connectivity index (χ3v) is 3.79. The molecule has 2 aromatic rings. The number of pyridine rings is 1. The summed E-state index contributed by atoms with van der Waals surface area (Å²) in [5.41, 5.74) is 12.0. The molecule has 6 N–H and O–H groups in total. The zero-order valence-corrected chi connectivity index (χ0v) is 16.2. The average molecular weight is 408 g/mol. The summed E-state index contributed by atoms with van der Waals surface area (Å²) in [6.07, 6.45) is 0. The van der Waals surface area contributed by atoms with Crippen LogP contribution in [0.1, 0.15) is 6.92 Å². The van der Waals surface area contributed by atoms with E-state index in [1.807, 2.05) is 0 Å². The lowest BCUT2D eigenvalue weighted by Crippen LogP contribution is -2.32. The van der Waals surface area contributed by atoms with Gasteiger partial charge in [-0.3, -0.25) is 13.9 Å². The van der Waals surface area contributed by atoms with Gasteiger partial charge in [-0.1, -0.05) is 12.1 Å². The van der Waals surface area contributed by atoms with Crippen LogP contribution in [0.3, 0.4) is 0 Å². The second-order valence-corrected chi connectivity index (χ2v) is 7.60. The molecule has 0 aliphatic carbocycles. The van der Waals surface area contributed by atoms with E-state index in [1.165, 1.54) is 12.1 Å². The molecule has 0 bridgehead atoms. The molecular weight excluding hydrogens is 387 g/mol. The number of carbonyl (C=O) groups excluding carboxylic acids is 1. The maximum absolute atomic E-state index is 11.6. The van der Waals surface area contributed by atoms with E-state index in [0.717, 1.165) is 6.66 Å². The Kier molecular flexibility index (Phi) is 7.18. The fourth-order valence-corrected chi connectivity index (χ4v) is 2.07. The molecule has 1 heterocycles. The summed E-state index contributed by atoms with van der Waals surface area (Å²) in [7, 11) is -3.65. The largest absolute Gasteiger partial charge is 0.465 e. The Morgan fingerprint density at radius 3 is 2.61 bits per heavy atom. The monoisotopic (exact) mass is 408 g/mol. The molecule has 0 saturated carbocycles. The molecule has 0 aliphatic heterocycles. The van der Waals surface area contributed by atoms with Crippen LogP contribution in [0.15, 0.2) is 46.6 Å². The van der Waals surface area contributed by atoms with Gasteiger partial charge in [0.2, 0.25) is 5.91 Å². The summed E-state index contributed by atoms with van der Waals surface area (Å²) < 4.78 is 21.1. The van der Waals surface area contributed by atoms with E-state index in [0.29, 0.717) is 11.4 Å². The maximum atomic E-state index is 11.6. The van der Waals surface area contributed by atoms with E-state index in [2.05, 4.69) is 25.1 Å². The number of benzene rings is 1. The van der Waals surface area contributed by atoms with Gasteiger partial charge in [0.15, 0.2) is 12.6 Å². The highest BCUT2D eigenvalue weighted by Crippen LogP contribution is 2.37. The predicted molar refractivity (Wildman–Crippen MR) is 104 cm³/mol. The van der Waals surface area contributed by atoms with Gasteiger partial charge < -0.3 is 26.4 Å². The molecule has 0 radical (unpaired) electrons. The lowest BCUT2D eigenvalue weighted by atomic mass is 10.3. The zero-order valence-electron chi connectivity index (χ0n) is 15.3. The van der Waals surface area contributed by atoms with Crippen LogP contribution in [0.2, 0.25) is 0 Å². The first-order valence-electron chi connectivity index (χ1n) is 8.07. The van der Waals surface area contributed by atoms with Crippen molar-refractivity contribution in [1.29, 1.82) is 0 Å². The second-order valence-electron chi connectivity index (χ2n) is 5.74. The lowest BCUT2D eigenvalue weighted by molar-refractivity contribution is -0.117. The number of para-hydroxylation sites is 1. The number of carbonyl (C=O) groups is 1. The molecule has 11 nitrogen and oxygen atoms in total. The van der Waals surface area contributed by atoms with Crippen molar-refractivity contribution in [2.75, 3.05) is 24.5 Å². The van der Waals surface area contributed by atoms with Crippen molar-refractivity contribution in [3.8, 4) is 5.75 Å². The van der Waals surface area contributed by atoms with Crippen molar-refractivity contribution in [2.45, 2.75) is 13.0 Å². The number of nitrogens with two attached hydrogens (primary N) is 2. The van der Waals surface area contributed by atoms with E-state index in [-0.39, 0.29) is 17.3 Å². The van der Waals surface area contributed by atoms with Crippen molar-refractivity contribution < 1.29 is 23.5 Å². The van der Waals surface area contributed by atoms with E-state index < -0.39 is 26.3 Å². The number of nitrogens with zero attached hydrogens (tertiary/aromatic N) is 3. The molecule has 0 aliphatic rings. The predicted octanol–water partition coefficient (Wildman–Crippen LogP) is 2.53. The van der Waals surface area contributed by atoms with Gasteiger partial charge in [0, 0.05) is 6.66 Å². The number of hydrogen-bond donors (Lipinski definition) is 4. The molecule has 1 unspecified atom stereocenters. The summed E-state index contributed by atoms with van der Waals surface area (Å²) in [5.74, 6) is 0.203. The van der Waals surface area contributed by atoms with E-state index in [1.54, 1.807) is 31.2 Å². The lowest BCUT2D eigenvalue weighted by Gasteiger charge is -2.10. The number of amides is 1. The Morgan fingerprint density at radius 1 is 1.29 bits per heavy atom. The molecular formula is C16H21N6O5P. The molecule has 1 aromatic carbocycles. The van der Waals surface area contributed by atoms with E-state index in [9.17, 15) is 9.36 Å². The molecule has 12 heteroatoms. The first kappa shape index (κ1) is 21.5. The number of ether oxygens (including phenoxy) is 1. The van der Waals surface area contributed by atoms with Gasteiger partial charge in [0.1, 0.15) is 22.9 Å². The van der Waals surface area contributed by atoms with E-state index >= 15 is 0 Å². The van der Waals surface area contributed by atoms with Crippen LogP contribution in [0.5, 0.6) is 5.75 Å². The molecule has 150 valence electrons. The van der Waals surface area contributed by atoms with Crippen molar-refractivity contribution in [1.82, 2.24) is 4.98 Å². The summed E-state index contributed by atoms with van der Waals surface area (Å²) >= 11 is 0. The molecule has 0 saturated heterocycles. The van der Waals surface area contributed by atoms with Crippen molar-refractivity contribution in [3.63, 3.8) is 0 Å². The normalized spacial score (nSPS) is 14.4. The van der Waals surface area contributed by atoms with Crippen molar-refractivity contribution in [3.05, 3.63) is 36.4 Å². The quantitative estimate of drug-likeness (QED) is 0.293. The van der Waals surface area contributed by atoms with Gasteiger partial charge in [-0.25, -0.2) is 4.98 Å². The second kappa shape index (κ2) is 9.38. The highest BCUT2D eigenvalue weighted by atomic mass is 31.2. The smallest absolute Gasteiger partial charge is 0.327 e. The Labute approximate surface area is 161 Å². The van der Waals surface area contributed by atoms with Crippen LogP contribution < -0.4 is 21.5 Å². The van der Waals surface area contributed by atoms with Crippen LogP contribution in [0, 0.1) is 0 Å². The minimum absolute atomic E-state index is 0.0557. The van der Waals surface area contributed by atoms with Gasteiger partial charge in [0.05, 0.1) is 6.04 Å². The SMILES string of the molecule is C[C@H](N)C(=O)Nc1ccc(N=Nc2ccccc2OCOP(C)(=O)O)c(N)n1. The van der Waals surface area contributed by atoms with Crippen LogP contribution in [-0.4, -0.2) is 35.3 Å². The number of anilines is 2. The van der Waals surface area contributed by atoms with Gasteiger partial charge >= 0.3 is 7.60 Å². The molecule has 2 rings (SSSR count). The van der Waals surface area contributed by atoms with Crippen LogP contribution in [0.4, 0.5) is 23.0 Å². The number of nitrogens with one attached hydrogen (secondary N) is 1. The Bertz CT molecular complexity index is 914. The minimum Gasteiger partial charge on any atom is -0.465 e. The fourth-order valence-electron chi connectivity index (χ4n) is 1.82. The zero-order chi connectivity index (χ0) is 20.7. The maximum Gasteiger partial charge on any atom is 0.327 e. The molecule has 2 atom stereocenters. The number of hydrogen-bond acceptors (Lipinski definition) is 9. The molecule has 1 aromatic heterocycles. The van der Waals surface area contributed by atoms with Crippen LogP contribution >= 0.6 is 7.60 Å². The fraction of sp³-hybridized carbons (Fsp3) is 0.250. The highest BCUT2D eigenvalue weighted by molar-refractivity contribution is 7.51. The topological polar surface area (TPSA) is 175 Å². The minimum atomic E-state index is -3.65. The van der Waals surface area contributed by atoms with Crippen molar-refractivity contribution >= 4 is 36.5 Å². The molecule has 28 heavy (non-hydrogen) atoms. The Morgan fingerprint density at radius 2 is 1.96 bits per heavy atom. The van der Waals surface area contributed by atoms with Gasteiger partial charge in [-0.05, 0) is 31.2 Å². The summed E-state index contributed by atoms with van der Waals surface area (Å²) in [4.78, 5) is 24.7. The summed E-state index contributed by atoms with van der Waals surface area (Å²) in [5, 5.41) is 10.6. The van der Waals surface area contributed by atoms with Gasteiger partial charge in [0.25, 0.3) is 0 Å². The third-order valence-electron chi connectivity index (χ3n) is 3.20. The Balaban J connectivity index is 2.11. The van der Waals surface area contributed by atoms with Crippen LogP contribution in [-0.2, 0) is 13.9 Å². The molecule has 0 fully saturated rings. The molecule has 1 amide bonds. The third kappa shape index (κ3) is 6.71. The van der Waals surface area contributed by atoms with Gasteiger partial charge in [-0.2, -0.15) is 0 Å². The van der Waals surface area contributed by atoms with Crippen LogP contribution in [0.25, 0.3) is 0 Å². The highest BCUT2D eigenvalue weighted by Gasteiger charge is 2.12. The standard InChI is InChI=1S/C16H21N6O5P/c1-10(17)16(23)20-14-8-7-12(15(18)19-14)22-21-11-5-3-4-6-13(11)26-9-27-28(2,24)25/h3-8,10H,9,17H2,1-2H3,(H,24,25)(H3,18,19,20,23)/t10-/m0/s1. The average Bonchev–Trinajstić information content (AvgIpc) is 2.61. The number of nitrogen functional groups attached to an aromatic ring is 1. The van der Waals surface area contributed by atoms with E-state index in [4.69, 9.17) is 21.1 Å². The number of rotatable bonds is 8. The first-order valence-corrected chi connectivity index (χ1v) is 10.1. The van der Waals surface area contributed by atoms with Crippen molar-refractivity contribution in [2.24, 2.45) is 16.0 Å². The first-order chi connectivity index (χ1) is 13.2. The van der Waals surface area contributed by atoms with Gasteiger partial charge in [-0.15, -0.1) is 10.2 Å². The summed E-state index contributed by atoms with van der Waals surface area (Å²) in [6.45, 7) is 2.18. The Hall–Kier alpha value is -2.85. The number of azo groups is 1. The molecule has 0 spiro atoms. The summed E-state index contributed by atoms with van der Waals surface area (Å²) in [6, 6.07) is 9.01.